The van der Waals surface area contributed by atoms with Gasteiger partial charge in [-0.2, -0.15) is 0 Å². The van der Waals surface area contributed by atoms with Crippen LogP contribution in [0.3, 0.4) is 0 Å². The van der Waals surface area contributed by atoms with Crippen molar-refractivity contribution in [2.24, 2.45) is 0 Å². The standard InChI is InChI=1S/C54H30O2/c1-2-11-35-30-50-45(27-34(35)10-1)47-29-36(28-46(54(47)56-50)39-15-7-12-31-9-3-4-13-37(31)39)38-23-19-32-22-26-43-40(24-20-33-21-25-42(38)51(32)52(33)43)41-16-8-18-49-53(41)44-14-5-6-17-48(44)55-49/h1-30H. The molecule has 2 heteroatoms. The van der Waals surface area contributed by atoms with Crippen LogP contribution in [0.15, 0.2) is 191 Å². The number of para-hydroxylation sites is 1. The largest absolute Gasteiger partial charge is 0.456 e. The van der Waals surface area contributed by atoms with E-state index < -0.39 is 0 Å². The fraction of sp³-hybridized carbons (Fsp3) is 0. The molecule has 0 saturated heterocycles. The van der Waals surface area contributed by atoms with Crippen LogP contribution >= 0.6 is 0 Å². The minimum atomic E-state index is 0.903. The Bertz CT molecular complexity index is 3760. The van der Waals surface area contributed by atoms with Gasteiger partial charge in [0.2, 0.25) is 0 Å². The lowest BCUT2D eigenvalue weighted by Crippen LogP contribution is -1.90. The number of furan rings is 2. The van der Waals surface area contributed by atoms with Crippen LogP contribution in [-0.4, -0.2) is 0 Å². The predicted molar refractivity (Wildman–Crippen MR) is 236 cm³/mol. The highest BCUT2D eigenvalue weighted by atomic mass is 16.3. The van der Waals surface area contributed by atoms with E-state index in [1.165, 1.54) is 81.7 Å². The summed E-state index contributed by atoms with van der Waals surface area (Å²) in [6.45, 7) is 0. The Kier molecular flexibility index (Phi) is 5.92. The quantitative estimate of drug-likeness (QED) is 0.171. The van der Waals surface area contributed by atoms with Crippen molar-refractivity contribution in [3.63, 3.8) is 0 Å². The van der Waals surface area contributed by atoms with Crippen LogP contribution in [0.5, 0.6) is 0 Å². The highest BCUT2D eigenvalue weighted by Crippen LogP contribution is 2.47. The molecule has 0 unspecified atom stereocenters. The Morgan fingerprint density at radius 3 is 1.70 bits per heavy atom. The first-order valence-electron chi connectivity index (χ1n) is 19.2. The van der Waals surface area contributed by atoms with Gasteiger partial charge >= 0.3 is 0 Å². The molecule has 0 aliphatic heterocycles. The summed E-state index contributed by atoms with van der Waals surface area (Å²) in [6.07, 6.45) is 0. The molecule has 0 aliphatic carbocycles. The third-order valence-electron chi connectivity index (χ3n) is 12.2. The van der Waals surface area contributed by atoms with E-state index in [0.717, 1.165) is 49.4 Å². The zero-order valence-electron chi connectivity index (χ0n) is 30.1. The van der Waals surface area contributed by atoms with Crippen molar-refractivity contribution in [1.82, 2.24) is 0 Å². The number of benzene rings is 11. The molecular formula is C54H30O2. The van der Waals surface area contributed by atoms with Gasteiger partial charge < -0.3 is 8.83 Å². The van der Waals surface area contributed by atoms with Crippen LogP contribution in [0.2, 0.25) is 0 Å². The van der Waals surface area contributed by atoms with Crippen molar-refractivity contribution < 1.29 is 8.83 Å². The maximum Gasteiger partial charge on any atom is 0.143 e. The number of rotatable bonds is 3. The van der Waals surface area contributed by atoms with E-state index in [1.54, 1.807) is 0 Å². The summed E-state index contributed by atoms with van der Waals surface area (Å²) in [7, 11) is 0. The van der Waals surface area contributed by atoms with Gasteiger partial charge in [-0.25, -0.2) is 0 Å². The summed E-state index contributed by atoms with van der Waals surface area (Å²) < 4.78 is 13.2. The lowest BCUT2D eigenvalue weighted by atomic mass is 9.86. The molecule has 11 aromatic carbocycles. The van der Waals surface area contributed by atoms with Gasteiger partial charge in [0.25, 0.3) is 0 Å². The second-order valence-corrected chi connectivity index (χ2v) is 15.2. The van der Waals surface area contributed by atoms with Crippen molar-refractivity contribution >= 4 is 97.7 Å². The van der Waals surface area contributed by atoms with Crippen molar-refractivity contribution in [3.8, 4) is 33.4 Å². The van der Waals surface area contributed by atoms with Crippen LogP contribution in [0, 0.1) is 0 Å². The summed E-state index contributed by atoms with van der Waals surface area (Å²) in [5.74, 6) is 0. The lowest BCUT2D eigenvalue weighted by Gasteiger charge is -2.17. The average molecular weight is 711 g/mol. The molecule has 0 atom stereocenters. The number of hydrogen-bond donors (Lipinski definition) is 0. The van der Waals surface area contributed by atoms with Crippen LogP contribution in [-0.2, 0) is 0 Å². The van der Waals surface area contributed by atoms with Gasteiger partial charge in [-0.05, 0) is 118 Å². The van der Waals surface area contributed by atoms with Crippen LogP contribution in [0.25, 0.3) is 131 Å². The molecule has 2 heterocycles. The predicted octanol–water partition coefficient (Wildman–Crippen LogP) is 15.7. The van der Waals surface area contributed by atoms with Crippen molar-refractivity contribution in [2.45, 2.75) is 0 Å². The molecule has 0 bridgehead atoms. The third-order valence-corrected chi connectivity index (χ3v) is 12.2. The summed E-state index contributed by atoms with van der Waals surface area (Å²) >= 11 is 0. The molecule has 0 amide bonds. The highest BCUT2D eigenvalue weighted by Gasteiger charge is 2.21. The van der Waals surface area contributed by atoms with E-state index in [0.29, 0.717) is 0 Å². The normalized spacial score (nSPS) is 12.3. The van der Waals surface area contributed by atoms with E-state index in [1.807, 2.05) is 6.07 Å². The second-order valence-electron chi connectivity index (χ2n) is 15.2. The average Bonchev–Trinajstić information content (AvgIpc) is 3.82. The molecule has 2 nitrogen and oxygen atoms in total. The minimum absolute atomic E-state index is 0.903. The first-order valence-corrected chi connectivity index (χ1v) is 19.2. The summed E-state index contributed by atoms with van der Waals surface area (Å²) in [4.78, 5) is 0. The molecule has 0 aliphatic rings. The summed E-state index contributed by atoms with van der Waals surface area (Å²) in [5.41, 5.74) is 10.7. The molecular weight excluding hydrogens is 681 g/mol. The zero-order chi connectivity index (χ0) is 36.5. The fourth-order valence-electron chi connectivity index (χ4n) is 9.67. The van der Waals surface area contributed by atoms with Gasteiger partial charge in [0.05, 0.1) is 0 Å². The Morgan fingerprint density at radius 2 is 0.857 bits per heavy atom. The first-order chi connectivity index (χ1) is 27.7. The van der Waals surface area contributed by atoms with Gasteiger partial charge in [0, 0.05) is 27.1 Å². The highest BCUT2D eigenvalue weighted by molar-refractivity contribution is 6.29. The Morgan fingerprint density at radius 1 is 0.250 bits per heavy atom. The molecule has 2 aromatic heterocycles. The maximum atomic E-state index is 6.87. The second kappa shape index (κ2) is 11.1. The number of hydrogen-bond acceptors (Lipinski definition) is 2. The van der Waals surface area contributed by atoms with Crippen LogP contribution < -0.4 is 0 Å². The van der Waals surface area contributed by atoms with Crippen LogP contribution in [0.1, 0.15) is 0 Å². The van der Waals surface area contributed by atoms with Gasteiger partial charge in [-0.15, -0.1) is 0 Å². The molecule has 0 spiro atoms. The summed E-state index contributed by atoms with van der Waals surface area (Å²) in [6, 6.07) is 66.2. The molecule has 0 saturated carbocycles. The molecule has 0 N–H and O–H groups in total. The Labute approximate surface area is 320 Å². The first kappa shape index (κ1) is 30.0. The van der Waals surface area contributed by atoms with E-state index in [4.69, 9.17) is 8.83 Å². The van der Waals surface area contributed by atoms with Gasteiger partial charge in [0.1, 0.15) is 22.3 Å². The van der Waals surface area contributed by atoms with Crippen LogP contribution in [0.4, 0.5) is 0 Å². The van der Waals surface area contributed by atoms with Crippen molar-refractivity contribution in [3.05, 3.63) is 182 Å². The molecule has 0 fully saturated rings. The summed E-state index contributed by atoms with van der Waals surface area (Å²) in [5, 5.41) is 16.9. The molecule has 13 aromatic rings. The number of fused-ring (bicyclic) bond motifs is 8. The molecule has 13 rings (SSSR count). The van der Waals surface area contributed by atoms with Gasteiger partial charge in [-0.3, -0.25) is 0 Å². The minimum Gasteiger partial charge on any atom is -0.456 e. The zero-order valence-corrected chi connectivity index (χ0v) is 30.1. The maximum absolute atomic E-state index is 6.87. The lowest BCUT2D eigenvalue weighted by molar-refractivity contribution is 0.669. The van der Waals surface area contributed by atoms with E-state index in [2.05, 4.69) is 176 Å². The molecule has 0 radical (unpaired) electrons. The van der Waals surface area contributed by atoms with Gasteiger partial charge in [-0.1, -0.05) is 146 Å². The Balaban J connectivity index is 1.11. The SMILES string of the molecule is c1ccc2cc3c(cc2c1)oc1c(-c2cccc4ccccc24)cc(-c2ccc4ccc5c(-c6cccc7oc8ccccc8c67)ccc6ccc2c4c65)cc13. The molecule has 258 valence electrons. The topological polar surface area (TPSA) is 26.3 Å². The van der Waals surface area contributed by atoms with E-state index >= 15 is 0 Å². The monoisotopic (exact) mass is 710 g/mol. The van der Waals surface area contributed by atoms with E-state index in [9.17, 15) is 0 Å². The smallest absolute Gasteiger partial charge is 0.143 e. The van der Waals surface area contributed by atoms with Crippen molar-refractivity contribution in [2.75, 3.05) is 0 Å². The van der Waals surface area contributed by atoms with E-state index in [-0.39, 0.29) is 0 Å². The van der Waals surface area contributed by atoms with Crippen molar-refractivity contribution in [1.29, 1.82) is 0 Å². The Hall–Kier alpha value is -7.42. The fourth-order valence-corrected chi connectivity index (χ4v) is 9.67. The third kappa shape index (κ3) is 4.10. The molecule has 56 heavy (non-hydrogen) atoms. The van der Waals surface area contributed by atoms with Gasteiger partial charge in [0.15, 0.2) is 0 Å².